The number of rotatable bonds is 9. The molecule has 1 aliphatic heterocycles. The number of hydrogen-bond acceptors (Lipinski definition) is 3. The van der Waals surface area contributed by atoms with Crippen LogP contribution in [0.1, 0.15) is 50.6 Å². The summed E-state index contributed by atoms with van der Waals surface area (Å²) in [7, 11) is 1.72. The summed E-state index contributed by atoms with van der Waals surface area (Å²) in [5, 5.41) is 8.09. The quantitative estimate of drug-likeness (QED) is 0.562. The smallest absolute Gasteiger partial charge is 0.199 e. The molecule has 4 nitrogen and oxygen atoms in total. The van der Waals surface area contributed by atoms with Crippen molar-refractivity contribution in [1.29, 1.82) is 0 Å². The van der Waals surface area contributed by atoms with Crippen LogP contribution in [0.5, 0.6) is 5.75 Å². The minimum absolute atomic E-state index is 0.172. The van der Waals surface area contributed by atoms with Gasteiger partial charge >= 0.3 is 0 Å². The van der Waals surface area contributed by atoms with Gasteiger partial charge in [-0.3, -0.25) is 0 Å². The van der Waals surface area contributed by atoms with Gasteiger partial charge in [-0.15, -0.1) is 0 Å². The fraction of sp³-hybridized carbons (Fsp3) is 0.667. The maximum Gasteiger partial charge on any atom is 0.199 e. The second-order valence-electron chi connectivity index (χ2n) is 5.80. The minimum Gasteiger partial charge on any atom is -0.465 e. The van der Waals surface area contributed by atoms with E-state index in [1.54, 1.807) is 7.11 Å². The molecule has 123 valence electrons. The number of nitrogens with one attached hydrogen (secondary N) is 1. The number of nitrogens with zero attached hydrogens (tertiary/aromatic N) is 1. The molecule has 1 heterocycles. The number of benzene rings is 1. The predicted octanol–water partition coefficient (Wildman–Crippen LogP) is 3.26. The van der Waals surface area contributed by atoms with Crippen molar-refractivity contribution < 1.29 is 9.47 Å². The molecule has 1 aromatic rings. The summed E-state index contributed by atoms with van der Waals surface area (Å²) in [4.78, 5) is 0. The Kier molecular flexibility index (Phi) is 7.71. The summed E-state index contributed by atoms with van der Waals surface area (Å²) in [6, 6.07) is 8.38. The van der Waals surface area contributed by atoms with Gasteiger partial charge in [0.15, 0.2) is 6.29 Å². The Morgan fingerprint density at radius 2 is 2.14 bits per heavy atom. The van der Waals surface area contributed by atoms with Crippen LogP contribution >= 0.6 is 0 Å². The van der Waals surface area contributed by atoms with Gasteiger partial charge in [0.2, 0.25) is 0 Å². The van der Waals surface area contributed by atoms with E-state index in [0.29, 0.717) is 0 Å². The number of piperazine rings is 1. The van der Waals surface area contributed by atoms with Gasteiger partial charge in [0.25, 0.3) is 0 Å². The fourth-order valence-corrected chi connectivity index (χ4v) is 2.78. The van der Waals surface area contributed by atoms with Crippen LogP contribution in [-0.2, 0) is 4.74 Å². The summed E-state index contributed by atoms with van der Waals surface area (Å²) < 4.78 is 11.6. The molecule has 1 radical (unpaired) electrons. The van der Waals surface area contributed by atoms with E-state index in [1.807, 2.05) is 12.1 Å². The normalized spacial score (nSPS) is 19.8. The van der Waals surface area contributed by atoms with Crippen LogP contribution < -0.4 is 15.4 Å². The highest BCUT2D eigenvalue weighted by Gasteiger charge is 2.20. The molecule has 2 atom stereocenters. The number of methoxy groups -OCH3 is 1. The van der Waals surface area contributed by atoms with Crippen LogP contribution in [0.25, 0.3) is 0 Å². The molecular weight excluding hydrogens is 276 g/mol. The van der Waals surface area contributed by atoms with Crippen LogP contribution in [0.2, 0.25) is 0 Å². The third kappa shape index (κ3) is 5.27. The first kappa shape index (κ1) is 17.3. The molecule has 0 bridgehead atoms. The lowest BCUT2D eigenvalue weighted by Crippen LogP contribution is -2.38. The molecule has 1 aromatic carbocycles. The Hall–Kier alpha value is -1.10. The largest absolute Gasteiger partial charge is 0.465 e. The maximum atomic E-state index is 6.12. The number of ether oxygens (including phenoxy) is 2. The summed E-state index contributed by atoms with van der Waals surface area (Å²) >= 11 is 0. The standard InChI is InChI=1S/C18H29N2O2/c1-3-4-5-6-11-18(21-2)22-17-10-8-7-9-15(17)16-14-19-12-13-20-16/h7-10,16,18-19H,3-6,11-14H2,1-2H3. The van der Waals surface area contributed by atoms with E-state index in [-0.39, 0.29) is 12.3 Å². The molecule has 0 saturated carbocycles. The summed E-state index contributed by atoms with van der Waals surface area (Å²) in [5.74, 6) is 0.905. The van der Waals surface area contributed by atoms with Crippen LogP contribution in [0.4, 0.5) is 0 Å². The van der Waals surface area contributed by atoms with Gasteiger partial charge in [-0.25, -0.2) is 5.32 Å². The van der Waals surface area contributed by atoms with Gasteiger partial charge in [0.05, 0.1) is 6.04 Å². The zero-order chi connectivity index (χ0) is 15.6. The Morgan fingerprint density at radius 1 is 1.27 bits per heavy atom. The van der Waals surface area contributed by atoms with Crippen LogP contribution in [-0.4, -0.2) is 33.0 Å². The van der Waals surface area contributed by atoms with Gasteiger partial charge in [0.1, 0.15) is 5.75 Å². The molecule has 22 heavy (non-hydrogen) atoms. The molecule has 2 unspecified atom stereocenters. The summed E-state index contributed by atoms with van der Waals surface area (Å²) in [6.07, 6.45) is 5.67. The second-order valence-corrected chi connectivity index (χ2v) is 5.80. The topological polar surface area (TPSA) is 44.6 Å². The monoisotopic (exact) mass is 305 g/mol. The first-order chi connectivity index (χ1) is 10.8. The molecule has 0 aliphatic carbocycles. The average molecular weight is 305 g/mol. The second kappa shape index (κ2) is 9.82. The maximum absolute atomic E-state index is 6.12. The minimum atomic E-state index is -0.172. The van der Waals surface area contributed by atoms with E-state index >= 15 is 0 Å². The summed E-state index contributed by atoms with van der Waals surface area (Å²) in [5.41, 5.74) is 1.16. The van der Waals surface area contributed by atoms with E-state index in [4.69, 9.17) is 14.8 Å². The molecule has 4 heteroatoms. The Bertz CT molecular complexity index is 419. The molecular formula is C18H29N2O2. The molecule has 1 saturated heterocycles. The summed E-state index contributed by atoms with van der Waals surface area (Å²) in [6.45, 7) is 4.94. The zero-order valence-corrected chi connectivity index (χ0v) is 13.9. The highest BCUT2D eigenvalue weighted by Crippen LogP contribution is 2.28. The van der Waals surface area contributed by atoms with Gasteiger partial charge in [0, 0.05) is 38.7 Å². The van der Waals surface area contributed by atoms with Gasteiger partial charge < -0.3 is 14.8 Å². The van der Waals surface area contributed by atoms with Crippen molar-refractivity contribution in [1.82, 2.24) is 10.6 Å². The van der Waals surface area contributed by atoms with E-state index in [1.165, 1.54) is 19.3 Å². The molecule has 1 aliphatic rings. The highest BCUT2D eigenvalue weighted by molar-refractivity contribution is 5.36. The van der Waals surface area contributed by atoms with Gasteiger partial charge in [-0.2, -0.15) is 0 Å². The third-order valence-corrected chi connectivity index (χ3v) is 4.07. The van der Waals surface area contributed by atoms with E-state index in [2.05, 4.69) is 24.4 Å². The molecule has 1 fully saturated rings. The third-order valence-electron chi connectivity index (χ3n) is 4.07. The molecule has 1 N–H and O–H groups in total. The van der Waals surface area contributed by atoms with Crippen molar-refractivity contribution in [3.8, 4) is 5.75 Å². The predicted molar refractivity (Wildman–Crippen MR) is 89.2 cm³/mol. The number of unbranched alkanes of at least 4 members (excludes halogenated alkanes) is 3. The fourth-order valence-electron chi connectivity index (χ4n) is 2.78. The number of para-hydroxylation sites is 1. The van der Waals surface area contributed by atoms with Gasteiger partial charge in [-0.1, -0.05) is 44.4 Å². The lowest BCUT2D eigenvalue weighted by atomic mass is 10.0. The van der Waals surface area contributed by atoms with Crippen molar-refractivity contribution in [2.45, 2.75) is 51.4 Å². The van der Waals surface area contributed by atoms with Crippen LogP contribution in [0.15, 0.2) is 24.3 Å². The molecule has 0 spiro atoms. The van der Waals surface area contributed by atoms with Crippen molar-refractivity contribution in [2.24, 2.45) is 0 Å². The van der Waals surface area contributed by atoms with Crippen LogP contribution in [0, 0.1) is 0 Å². The zero-order valence-electron chi connectivity index (χ0n) is 13.9. The highest BCUT2D eigenvalue weighted by atomic mass is 16.7. The molecule has 0 aromatic heterocycles. The van der Waals surface area contributed by atoms with Crippen LogP contribution in [0.3, 0.4) is 0 Å². The van der Waals surface area contributed by atoms with E-state index in [9.17, 15) is 0 Å². The van der Waals surface area contributed by atoms with E-state index in [0.717, 1.165) is 43.8 Å². The van der Waals surface area contributed by atoms with Crippen molar-refractivity contribution in [3.05, 3.63) is 29.8 Å². The lowest BCUT2D eigenvalue weighted by molar-refractivity contribution is -0.0601. The Morgan fingerprint density at radius 3 is 2.86 bits per heavy atom. The lowest BCUT2D eigenvalue weighted by Gasteiger charge is -2.26. The van der Waals surface area contributed by atoms with Crippen molar-refractivity contribution in [3.63, 3.8) is 0 Å². The van der Waals surface area contributed by atoms with Gasteiger partial charge in [-0.05, 0) is 12.5 Å². The first-order valence-corrected chi connectivity index (χ1v) is 8.50. The molecule has 0 amide bonds. The first-order valence-electron chi connectivity index (χ1n) is 8.50. The number of hydrogen-bond donors (Lipinski definition) is 1. The SMILES string of the molecule is CCCCCCC(OC)Oc1ccccc1C1CNCC[N]1. The average Bonchev–Trinajstić information content (AvgIpc) is 2.59. The van der Waals surface area contributed by atoms with Crippen molar-refractivity contribution >= 4 is 0 Å². The van der Waals surface area contributed by atoms with E-state index < -0.39 is 0 Å². The Labute approximate surface area is 134 Å². The van der Waals surface area contributed by atoms with Crippen molar-refractivity contribution in [2.75, 3.05) is 26.7 Å². The molecule has 2 rings (SSSR count). The Balaban J connectivity index is 1.95.